The predicted octanol–water partition coefficient (Wildman–Crippen LogP) is 2.21. The molecule has 1 saturated carbocycles. The lowest BCUT2D eigenvalue weighted by molar-refractivity contribution is 0.207. The summed E-state index contributed by atoms with van der Waals surface area (Å²) in [7, 11) is 0. The summed E-state index contributed by atoms with van der Waals surface area (Å²) in [5.74, 6) is 1.36. The first-order chi connectivity index (χ1) is 12.3. The number of fused-ring (bicyclic) bond motifs is 1. The average Bonchev–Trinajstić information content (AvgIpc) is 2.86. The molecule has 6 heteroatoms. The Labute approximate surface area is 147 Å². The van der Waals surface area contributed by atoms with Crippen LogP contribution in [0.25, 0.3) is 11.5 Å². The number of hydrogen-bond donors (Lipinski definition) is 1. The Bertz CT molecular complexity index is 767. The molecule has 0 amide bonds. The number of aromatic nitrogens is 4. The Morgan fingerprint density at radius 3 is 2.76 bits per heavy atom. The van der Waals surface area contributed by atoms with E-state index in [1.54, 1.807) is 18.6 Å². The minimum absolute atomic E-state index is 0.0230. The molecule has 1 fully saturated rings. The lowest BCUT2D eigenvalue weighted by Gasteiger charge is -2.28. The molecule has 132 valence electrons. The predicted molar refractivity (Wildman–Crippen MR) is 96.3 cm³/mol. The number of rotatable bonds is 3. The van der Waals surface area contributed by atoms with E-state index in [1.807, 2.05) is 0 Å². The first-order valence-corrected chi connectivity index (χ1v) is 9.40. The summed E-state index contributed by atoms with van der Waals surface area (Å²) in [5.41, 5.74) is 2.37. The van der Waals surface area contributed by atoms with Gasteiger partial charge in [0.15, 0.2) is 5.82 Å². The van der Waals surface area contributed by atoms with Gasteiger partial charge in [0.25, 0.3) is 5.56 Å². The van der Waals surface area contributed by atoms with Crippen molar-refractivity contribution in [2.75, 3.05) is 19.6 Å². The zero-order valence-corrected chi connectivity index (χ0v) is 14.6. The van der Waals surface area contributed by atoms with Gasteiger partial charge < -0.3 is 9.88 Å². The van der Waals surface area contributed by atoms with Gasteiger partial charge in [-0.05, 0) is 25.2 Å². The first-order valence-electron chi connectivity index (χ1n) is 9.40. The third-order valence-electron chi connectivity index (χ3n) is 5.49. The smallest absolute Gasteiger partial charge is 0.254 e. The zero-order valence-electron chi connectivity index (χ0n) is 14.6. The highest BCUT2D eigenvalue weighted by molar-refractivity contribution is 5.47. The third-order valence-corrected chi connectivity index (χ3v) is 5.49. The van der Waals surface area contributed by atoms with Gasteiger partial charge >= 0.3 is 0 Å². The summed E-state index contributed by atoms with van der Waals surface area (Å²) in [6.07, 6.45) is 13.4. The summed E-state index contributed by atoms with van der Waals surface area (Å²) in [5, 5.41) is 0. The number of nitrogens with one attached hydrogen (secondary N) is 1. The van der Waals surface area contributed by atoms with Crippen LogP contribution in [-0.4, -0.2) is 44.5 Å². The second-order valence-electron chi connectivity index (χ2n) is 7.24. The molecule has 0 aromatic carbocycles. The molecule has 4 rings (SSSR count). The van der Waals surface area contributed by atoms with Crippen LogP contribution in [0.5, 0.6) is 0 Å². The van der Waals surface area contributed by atoms with Gasteiger partial charge in [-0.15, -0.1) is 0 Å². The minimum atomic E-state index is -0.0230. The Morgan fingerprint density at radius 1 is 1.12 bits per heavy atom. The Kier molecular flexibility index (Phi) is 4.88. The van der Waals surface area contributed by atoms with Crippen molar-refractivity contribution in [3.63, 3.8) is 0 Å². The second kappa shape index (κ2) is 7.44. The summed E-state index contributed by atoms with van der Waals surface area (Å²) in [6, 6.07) is 0. The minimum Gasteiger partial charge on any atom is -0.305 e. The van der Waals surface area contributed by atoms with Gasteiger partial charge in [0.05, 0.1) is 11.9 Å². The molecule has 1 aliphatic carbocycles. The van der Waals surface area contributed by atoms with Crippen molar-refractivity contribution in [1.82, 2.24) is 24.8 Å². The summed E-state index contributed by atoms with van der Waals surface area (Å²) in [4.78, 5) is 31.0. The van der Waals surface area contributed by atoms with Crippen LogP contribution >= 0.6 is 0 Å². The average molecular weight is 339 g/mol. The van der Waals surface area contributed by atoms with Crippen LogP contribution in [0.3, 0.4) is 0 Å². The van der Waals surface area contributed by atoms with Crippen LogP contribution in [0.1, 0.15) is 43.4 Å². The monoisotopic (exact) mass is 339 g/mol. The lowest BCUT2D eigenvalue weighted by atomic mass is 9.89. The van der Waals surface area contributed by atoms with E-state index in [0.29, 0.717) is 11.5 Å². The standard InChI is InChI=1S/C19H25N5O/c25-19-15-6-10-24(13-14-4-2-1-3-5-14)11-7-16(15)22-18(23-19)17-12-20-8-9-21-17/h8-9,12,14H,1-7,10-11,13H2,(H,22,23,25). The van der Waals surface area contributed by atoms with Gasteiger partial charge in [0.1, 0.15) is 5.69 Å². The van der Waals surface area contributed by atoms with Crippen molar-refractivity contribution >= 4 is 0 Å². The molecular weight excluding hydrogens is 314 g/mol. The van der Waals surface area contributed by atoms with Gasteiger partial charge in [-0.3, -0.25) is 9.78 Å². The van der Waals surface area contributed by atoms with Crippen molar-refractivity contribution in [3.05, 3.63) is 40.2 Å². The SMILES string of the molecule is O=c1[nH]c(-c2cnccn2)nc2c1CCN(CC1CCCCC1)CC2. The van der Waals surface area contributed by atoms with Crippen molar-refractivity contribution in [2.24, 2.45) is 5.92 Å². The third kappa shape index (κ3) is 3.79. The molecule has 2 aliphatic rings. The zero-order chi connectivity index (χ0) is 17.1. The van der Waals surface area contributed by atoms with Crippen LogP contribution in [0.2, 0.25) is 0 Å². The molecular formula is C19H25N5O. The normalized spacial score (nSPS) is 19.4. The molecule has 0 radical (unpaired) electrons. The largest absolute Gasteiger partial charge is 0.305 e. The highest BCUT2D eigenvalue weighted by atomic mass is 16.1. The van der Waals surface area contributed by atoms with Crippen molar-refractivity contribution < 1.29 is 0 Å². The molecule has 1 aliphatic heterocycles. The van der Waals surface area contributed by atoms with E-state index >= 15 is 0 Å². The highest BCUT2D eigenvalue weighted by Crippen LogP contribution is 2.25. The molecule has 0 atom stereocenters. The fourth-order valence-electron chi connectivity index (χ4n) is 4.11. The van der Waals surface area contributed by atoms with E-state index in [0.717, 1.165) is 43.1 Å². The topological polar surface area (TPSA) is 74.8 Å². The van der Waals surface area contributed by atoms with E-state index in [4.69, 9.17) is 4.98 Å². The summed E-state index contributed by atoms with van der Waals surface area (Å²) in [6.45, 7) is 3.11. The number of H-pyrrole nitrogens is 1. The molecule has 2 aromatic heterocycles. The maximum absolute atomic E-state index is 12.5. The Hall–Kier alpha value is -2.08. The van der Waals surface area contributed by atoms with Crippen LogP contribution in [-0.2, 0) is 12.8 Å². The molecule has 0 spiro atoms. The van der Waals surface area contributed by atoms with Crippen LogP contribution in [0.4, 0.5) is 0 Å². The molecule has 0 saturated heterocycles. The fourth-order valence-corrected chi connectivity index (χ4v) is 4.11. The van der Waals surface area contributed by atoms with E-state index in [2.05, 4.69) is 19.9 Å². The van der Waals surface area contributed by atoms with E-state index in [-0.39, 0.29) is 5.56 Å². The highest BCUT2D eigenvalue weighted by Gasteiger charge is 2.22. The Balaban J connectivity index is 1.51. The molecule has 0 unspecified atom stereocenters. The first kappa shape index (κ1) is 16.4. The van der Waals surface area contributed by atoms with Gasteiger partial charge in [-0.25, -0.2) is 9.97 Å². The molecule has 6 nitrogen and oxygen atoms in total. The molecule has 2 aromatic rings. The summed E-state index contributed by atoms with van der Waals surface area (Å²) >= 11 is 0. The van der Waals surface area contributed by atoms with Crippen molar-refractivity contribution in [2.45, 2.75) is 44.9 Å². The van der Waals surface area contributed by atoms with Crippen molar-refractivity contribution in [3.8, 4) is 11.5 Å². The van der Waals surface area contributed by atoms with Gasteiger partial charge in [0, 0.05) is 44.0 Å². The number of hydrogen-bond acceptors (Lipinski definition) is 5. The molecule has 0 bridgehead atoms. The fraction of sp³-hybridized carbons (Fsp3) is 0.579. The van der Waals surface area contributed by atoms with Gasteiger partial charge in [-0.2, -0.15) is 0 Å². The van der Waals surface area contributed by atoms with Crippen molar-refractivity contribution in [1.29, 1.82) is 0 Å². The maximum Gasteiger partial charge on any atom is 0.254 e. The van der Waals surface area contributed by atoms with Gasteiger partial charge in [0.2, 0.25) is 0 Å². The van der Waals surface area contributed by atoms with Gasteiger partial charge in [-0.1, -0.05) is 19.3 Å². The summed E-state index contributed by atoms with van der Waals surface area (Å²) < 4.78 is 0. The number of nitrogens with zero attached hydrogens (tertiary/aromatic N) is 4. The lowest BCUT2D eigenvalue weighted by Crippen LogP contribution is -2.32. The number of aromatic amines is 1. The van der Waals surface area contributed by atoms with Crippen LogP contribution < -0.4 is 5.56 Å². The van der Waals surface area contributed by atoms with E-state index in [1.165, 1.54) is 38.6 Å². The van der Waals surface area contributed by atoms with Crippen LogP contribution in [0.15, 0.2) is 23.4 Å². The van der Waals surface area contributed by atoms with E-state index < -0.39 is 0 Å². The molecule has 3 heterocycles. The molecule has 25 heavy (non-hydrogen) atoms. The quantitative estimate of drug-likeness (QED) is 0.928. The Morgan fingerprint density at radius 2 is 1.96 bits per heavy atom. The second-order valence-corrected chi connectivity index (χ2v) is 7.24. The molecule has 1 N–H and O–H groups in total. The van der Waals surface area contributed by atoms with E-state index in [9.17, 15) is 4.79 Å². The maximum atomic E-state index is 12.5. The van der Waals surface area contributed by atoms with Crippen LogP contribution in [0, 0.1) is 5.92 Å².